The fourth-order valence-corrected chi connectivity index (χ4v) is 3.70. The Balaban J connectivity index is 1.74. The Morgan fingerprint density at radius 1 is 1.24 bits per heavy atom. The molecule has 1 amide bonds. The number of halogens is 2. The number of hydrogen-bond acceptors (Lipinski definition) is 6. The summed E-state index contributed by atoms with van der Waals surface area (Å²) in [6.07, 6.45) is 0. The zero-order chi connectivity index (χ0) is 21.0. The fraction of sp³-hybridized carbons (Fsp3) is 0.167. The highest BCUT2D eigenvalue weighted by Crippen LogP contribution is 2.28. The van der Waals surface area contributed by atoms with Crippen molar-refractivity contribution in [2.75, 3.05) is 11.1 Å². The van der Waals surface area contributed by atoms with Crippen molar-refractivity contribution >= 4 is 52.2 Å². The summed E-state index contributed by atoms with van der Waals surface area (Å²) in [5, 5.41) is 23.4. The molecule has 8 nitrogen and oxygen atoms in total. The van der Waals surface area contributed by atoms with Crippen molar-refractivity contribution in [1.29, 1.82) is 0 Å². The molecule has 3 aromatic rings. The second-order valence-electron chi connectivity index (χ2n) is 5.82. The highest BCUT2D eigenvalue weighted by Gasteiger charge is 2.17. The molecule has 0 aliphatic carbocycles. The van der Waals surface area contributed by atoms with Crippen molar-refractivity contribution in [2.45, 2.75) is 18.6 Å². The Labute approximate surface area is 180 Å². The number of anilines is 1. The molecule has 29 heavy (non-hydrogen) atoms. The van der Waals surface area contributed by atoms with Crippen LogP contribution < -0.4 is 5.32 Å². The second-order valence-corrected chi connectivity index (χ2v) is 7.61. The highest BCUT2D eigenvalue weighted by atomic mass is 35.5. The summed E-state index contributed by atoms with van der Waals surface area (Å²) >= 11 is 13.2. The third-order valence-electron chi connectivity index (χ3n) is 3.88. The van der Waals surface area contributed by atoms with E-state index in [9.17, 15) is 14.9 Å². The van der Waals surface area contributed by atoms with Gasteiger partial charge < -0.3 is 9.88 Å². The summed E-state index contributed by atoms with van der Waals surface area (Å²) < 4.78 is 1.80. The molecule has 0 radical (unpaired) electrons. The minimum Gasteiger partial charge on any atom is -0.324 e. The van der Waals surface area contributed by atoms with Crippen molar-refractivity contribution in [1.82, 2.24) is 14.8 Å². The first kappa shape index (κ1) is 21.1. The molecular weight excluding hydrogens is 437 g/mol. The number of nitro groups is 1. The number of carbonyl (C=O) groups is 1. The third kappa shape index (κ3) is 5.06. The zero-order valence-electron chi connectivity index (χ0n) is 15.1. The SMILES string of the molecule is CCn1c(SCC(=O)Nc2cc(Cl)ccc2Cl)nnc1-c1cccc([N+](=O)[O-])c1. The molecule has 0 unspecified atom stereocenters. The van der Waals surface area contributed by atoms with Gasteiger partial charge in [0.2, 0.25) is 5.91 Å². The van der Waals surface area contributed by atoms with Gasteiger partial charge in [-0.25, -0.2) is 0 Å². The Bertz CT molecular complexity index is 1070. The van der Waals surface area contributed by atoms with E-state index in [0.717, 1.165) is 0 Å². The molecule has 1 heterocycles. The standard InChI is InChI=1S/C18H15Cl2N5O3S/c1-2-24-17(11-4-3-5-13(8-11)25(27)28)22-23-18(24)29-10-16(26)21-15-9-12(19)6-7-14(15)20/h3-9H,2,10H2,1H3,(H,21,26). The maximum Gasteiger partial charge on any atom is 0.270 e. The normalized spacial score (nSPS) is 10.7. The van der Waals surface area contributed by atoms with Gasteiger partial charge in [-0.3, -0.25) is 14.9 Å². The lowest BCUT2D eigenvalue weighted by atomic mass is 10.2. The predicted molar refractivity (Wildman–Crippen MR) is 114 cm³/mol. The van der Waals surface area contributed by atoms with E-state index in [1.807, 2.05) is 6.92 Å². The van der Waals surface area contributed by atoms with Crippen LogP contribution in [0.1, 0.15) is 6.92 Å². The van der Waals surface area contributed by atoms with Crippen LogP contribution in [0.25, 0.3) is 11.4 Å². The van der Waals surface area contributed by atoms with Crippen LogP contribution >= 0.6 is 35.0 Å². The first-order valence-electron chi connectivity index (χ1n) is 8.44. The summed E-state index contributed by atoms with van der Waals surface area (Å²) in [5.74, 6) is 0.300. The molecule has 0 saturated heterocycles. The Hall–Kier alpha value is -2.62. The molecule has 1 aromatic heterocycles. The van der Waals surface area contributed by atoms with Crippen LogP contribution in [0.3, 0.4) is 0 Å². The van der Waals surface area contributed by atoms with Crippen LogP contribution in [0.2, 0.25) is 10.0 Å². The number of nitrogens with one attached hydrogen (secondary N) is 1. The number of rotatable bonds is 7. The number of nitro benzene ring substituents is 1. The molecule has 0 aliphatic heterocycles. The van der Waals surface area contributed by atoms with Crippen LogP contribution in [0.5, 0.6) is 0 Å². The fourth-order valence-electron chi connectivity index (χ4n) is 2.56. The zero-order valence-corrected chi connectivity index (χ0v) is 17.5. The monoisotopic (exact) mass is 451 g/mol. The van der Waals surface area contributed by atoms with E-state index in [1.54, 1.807) is 34.9 Å². The van der Waals surface area contributed by atoms with Gasteiger partial charge in [0.1, 0.15) is 0 Å². The van der Waals surface area contributed by atoms with Gasteiger partial charge in [-0.15, -0.1) is 10.2 Å². The number of nitrogens with zero attached hydrogens (tertiary/aromatic N) is 4. The quantitative estimate of drug-likeness (QED) is 0.310. The molecular formula is C18H15Cl2N5O3S. The van der Waals surface area contributed by atoms with Crippen molar-refractivity contribution in [2.24, 2.45) is 0 Å². The number of aromatic nitrogens is 3. The Kier molecular flexibility index (Phi) is 6.73. The Morgan fingerprint density at radius 3 is 2.76 bits per heavy atom. The first-order valence-corrected chi connectivity index (χ1v) is 10.2. The molecule has 0 saturated carbocycles. The van der Waals surface area contributed by atoms with Crippen LogP contribution in [0.4, 0.5) is 11.4 Å². The van der Waals surface area contributed by atoms with E-state index in [-0.39, 0.29) is 17.3 Å². The first-order chi connectivity index (χ1) is 13.9. The number of thioether (sulfide) groups is 1. The molecule has 0 fully saturated rings. The van der Waals surface area contributed by atoms with E-state index in [4.69, 9.17) is 23.2 Å². The molecule has 0 aliphatic rings. The maximum absolute atomic E-state index is 12.3. The maximum atomic E-state index is 12.3. The van der Waals surface area contributed by atoms with Gasteiger partial charge in [0, 0.05) is 29.3 Å². The van der Waals surface area contributed by atoms with E-state index in [1.165, 1.54) is 23.9 Å². The van der Waals surface area contributed by atoms with Crippen molar-refractivity contribution < 1.29 is 9.72 Å². The molecule has 0 spiro atoms. The van der Waals surface area contributed by atoms with Crippen LogP contribution in [0, 0.1) is 10.1 Å². The van der Waals surface area contributed by atoms with Gasteiger partial charge in [-0.2, -0.15) is 0 Å². The number of non-ortho nitro benzene ring substituents is 1. The topological polar surface area (TPSA) is 103 Å². The predicted octanol–water partition coefficient (Wildman–Crippen LogP) is 4.91. The van der Waals surface area contributed by atoms with Gasteiger partial charge in [-0.05, 0) is 25.1 Å². The largest absolute Gasteiger partial charge is 0.324 e. The average Bonchev–Trinajstić information content (AvgIpc) is 3.12. The number of carbonyl (C=O) groups excluding carboxylic acids is 1. The summed E-state index contributed by atoms with van der Waals surface area (Å²) in [6.45, 7) is 2.44. The minimum absolute atomic E-state index is 0.0277. The molecule has 1 N–H and O–H groups in total. The van der Waals surface area contributed by atoms with Crippen LogP contribution in [-0.2, 0) is 11.3 Å². The van der Waals surface area contributed by atoms with E-state index in [0.29, 0.717) is 38.8 Å². The average molecular weight is 452 g/mol. The Morgan fingerprint density at radius 2 is 2.03 bits per heavy atom. The van der Waals surface area contributed by atoms with Crippen molar-refractivity contribution in [3.63, 3.8) is 0 Å². The molecule has 0 atom stereocenters. The number of amides is 1. The van der Waals surface area contributed by atoms with E-state index < -0.39 is 4.92 Å². The van der Waals surface area contributed by atoms with E-state index in [2.05, 4.69) is 15.5 Å². The summed E-state index contributed by atoms with van der Waals surface area (Å²) in [5.41, 5.74) is 0.981. The van der Waals surface area contributed by atoms with Gasteiger partial charge >= 0.3 is 0 Å². The van der Waals surface area contributed by atoms with Gasteiger partial charge in [-0.1, -0.05) is 47.1 Å². The number of benzene rings is 2. The lowest BCUT2D eigenvalue weighted by Gasteiger charge is -2.09. The summed E-state index contributed by atoms with van der Waals surface area (Å²) in [6, 6.07) is 11.0. The third-order valence-corrected chi connectivity index (χ3v) is 5.41. The summed E-state index contributed by atoms with van der Waals surface area (Å²) in [4.78, 5) is 22.8. The van der Waals surface area contributed by atoms with Gasteiger partial charge in [0.05, 0.1) is 21.4 Å². The molecule has 3 rings (SSSR count). The van der Waals surface area contributed by atoms with Crippen molar-refractivity contribution in [3.8, 4) is 11.4 Å². The van der Waals surface area contributed by atoms with E-state index >= 15 is 0 Å². The molecule has 0 bridgehead atoms. The van der Waals surface area contributed by atoms with Crippen LogP contribution in [0.15, 0.2) is 47.6 Å². The van der Waals surface area contributed by atoms with Crippen LogP contribution in [-0.4, -0.2) is 31.3 Å². The molecule has 150 valence electrons. The molecule has 11 heteroatoms. The number of hydrogen-bond donors (Lipinski definition) is 1. The lowest BCUT2D eigenvalue weighted by Crippen LogP contribution is -2.15. The van der Waals surface area contributed by atoms with Crippen molar-refractivity contribution in [3.05, 3.63) is 62.6 Å². The van der Waals surface area contributed by atoms with Gasteiger partial charge in [0.15, 0.2) is 11.0 Å². The highest BCUT2D eigenvalue weighted by molar-refractivity contribution is 7.99. The summed E-state index contributed by atoms with van der Waals surface area (Å²) in [7, 11) is 0. The smallest absolute Gasteiger partial charge is 0.270 e. The molecule has 2 aromatic carbocycles. The second kappa shape index (κ2) is 9.25. The lowest BCUT2D eigenvalue weighted by molar-refractivity contribution is -0.384. The van der Waals surface area contributed by atoms with Gasteiger partial charge in [0.25, 0.3) is 5.69 Å². The minimum atomic E-state index is -0.461.